The number of hydrogen-bond donors (Lipinski definition) is 1. The average Bonchev–Trinajstić information content (AvgIpc) is 3.29. The highest BCUT2D eigenvalue weighted by atomic mass is 32.2. The second-order valence-electron chi connectivity index (χ2n) is 7.57. The molecule has 1 aliphatic heterocycles. The first-order chi connectivity index (χ1) is 15.9. The fourth-order valence-electron chi connectivity index (χ4n) is 3.12. The molecule has 0 unspecified atom stereocenters. The Hall–Kier alpha value is -2.74. The van der Waals surface area contributed by atoms with Gasteiger partial charge in [0, 0.05) is 6.42 Å². The third kappa shape index (κ3) is 7.39. The minimum absolute atomic E-state index is 0.0334. The van der Waals surface area contributed by atoms with Gasteiger partial charge in [-0.3, -0.25) is 4.18 Å². The Morgan fingerprint density at radius 2 is 1.91 bits per heavy atom. The summed E-state index contributed by atoms with van der Waals surface area (Å²) in [5.41, 5.74) is 2.28. The predicted octanol–water partition coefficient (Wildman–Crippen LogP) is 2.44. The zero-order valence-corrected chi connectivity index (χ0v) is 19.1. The maximum Gasteiger partial charge on any atom is 0.297 e. The zero-order valence-electron chi connectivity index (χ0n) is 18.3. The molecule has 0 saturated heterocycles. The van der Waals surface area contributed by atoms with Crippen LogP contribution in [0.15, 0.2) is 64.6 Å². The molecule has 3 atom stereocenters. The van der Waals surface area contributed by atoms with E-state index in [0.717, 1.165) is 11.1 Å². The quantitative estimate of drug-likeness (QED) is 0.373. The van der Waals surface area contributed by atoms with E-state index >= 15 is 0 Å². The summed E-state index contributed by atoms with van der Waals surface area (Å²) in [5, 5.41) is 13.5. The van der Waals surface area contributed by atoms with Crippen LogP contribution in [0.4, 0.5) is 0 Å². The molecule has 0 spiro atoms. The van der Waals surface area contributed by atoms with Crippen LogP contribution in [0.3, 0.4) is 0 Å². The summed E-state index contributed by atoms with van der Waals surface area (Å²) in [6.07, 6.45) is 3.36. The molecule has 176 valence electrons. The van der Waals surface area contributed by atoms with Gasteiger partial charge in [-0.2, -0.15) is 8.42 Å². The summed E-state index contributed by atoms with van der Waals surface area (Å²) >= 11 is 0. The average molecular weight is 474 g/mol. The van der Waals surface area contributed by atoms with Crippen LogP contribution >= 0.6 is 0 Å². The molecule has 0 aromatic heterocycles. The molecular formula is C24H27NO7S. The predicted molar refractivity (Wildman–Crippen MR) is 122 cm³/mol. The molecule has 1 heterocycles. The number of ether oxygens (including phenoxy) is 2. The maximum atomic E-state index is 12.8. The van der Waals surface area contributed by atoms with Crippen LogP contribution in [0.5, 0.6) is 0 Å². The van der Waals surface area contributed by atoms with E-state index in [1.165, 1.54) is 12.1 Å². The van der Waals surface area contributed by atoms with Crippen molar-refractivity contribution in [3.05, 3.63) is 65.7 Å². The van der Waals surface area contributed by atoms with Crippen molar-refractivity contribution in [3.63, 3.8) is 0 Å². The molecule has 0 fully saturated rings. The van der Waals surface area contributed by atoms with E-state index in [1.54, 1.807) is 12.1 Å². The van der Waals surface area contributed by atoms with Crippen molar-refractivity contribution in [2.45, 2.75) is 43.2 Å². The highest BCUT2D eigenvalue weighted by Gasteiger charge is 2.31. The molecule has 8 nitrogen and oxygen atoms in total. The summed E-state index contributed by atoms with van der Waals surface area (Å²) in [5.74, 6) is 2.40. The van der Waals surface area contributed by atoms with Crippen LogP contribution in [-0.4, -0.2) is 57.4 Å². The summed E-state index contributed by atoms with van der Waals surface area (Å²) in [6.45, 7) is 1.58. The summed E-state index contributed by atoms with van der Waals surface area (Å²) in [7, 11) is -4.06. The lowest BCUT2D eigenvalue weighted by Crippen LogP contribution is -2.37. The van der Waals surface area contributed by atoms with Gasteiger partial charge in [0.15, 0.2) is 6.10 Å². The van der Waals surface area contributed by atoms with Gasteiger partial charge in [-0.25, -0.2) is 0 Å². The van der Waals surface area contributed by atoms with Gasteiger partial charge in [0.1, 0.15) is 17.9 Å². The lowest BCUT2D eigenvalue weighted by molar-refractivity contribution is -0.104. The lowest BCUT2D eigenvalue weighted by Gasteiger charge is -2.24. The number of nitrogens with zero attached hydrogens (tertiary/aromatic N) is 1. The van der Waals surface area contributed by atoms with Crippen LogP contribution in [0.1, 0.15) is 17.5 Å². The molecule has 0 aliphatic carbocycles. The van der Waals surface area contributed by atoms with Gasteiger partial charge < -0.3 is 19.4 Å². The van der Waals surface area contributed by atoms with Gasteiger partial charge in [0.05, 0.1) is 31.3 Å². The van der Waals surface area contributed by atoms with Crippen molar-refractivity contribution < 1.29 is 32.0 Å². The molecule has 0 bridgehead atoms. The van der Waals surface area contributed by atoms with Crippen molar-refractivity contribution in [2.24, 2.45) is 5.16 Å². The molecular weight excluding hydrogens is 446 g/mol. The van der Waals surface area contributed by atoms with Crippen LogP contribution < -0.4 is 0 Å². The van der Waals surface area contributed by atoms with Crippen molar-refractivity contribution in [3.8, 4) is 12.3 Å². The third-order valence-corrected chi connectivity index (χ3v) is 6.31. The molecule has 1 aliphatic rings. The topological polar surface area (TPSA) is 104 Å². The van der Waals surface area contributed by atoms with Gasteiger partial charge in [-0.05, 0) is 24.6 Å². The fourth-order valence-corrected chi connectivity index (χ4v) is 4.17. The Labute approximate surface area is 194 Å². The Morgan fingerprint density at radius 3 is 2.55 bits per heavy atom. The molecule has 2 aromatic carbocycles. The van der Waals surface area contributed by atoms with E-state index in [9.17, 15) is 13.5 Å². The first kappa shape index (κ1) is 24.9. The van der Waals surface area contributed by atoms with Gasteiger partial charge >= 0.3 is 0 Å². The number of hydrogen-bond acceptors (Lipinski definition) is 8. The molecule has 1 N–H and O–H groups in total. The number of oxime groups is 1. The van der Waals surface area contributed by atoms with E-state index in [2.05, 4.69) is 11.1 Å². The molecule has 33 heavy (non-hydrogen) atoms. The van der Waals surface area contributed by atoms with Crippen molar-refractivity contribution in [2.75, 3.05) is 19.8 Å². The van der Waals surface area contributed by atoms with E-state index in [0.29, 0.717) is 12.1 Å². The monoisotopic (exact) mass is 473 g/mol. The first-order valence-electron chi connectivity index (χ1n) is 10.4. The second-order valence-corrected chi connectivity index (χ2v) is 9.14. The minimum atomic E-state index is -4.06. The van der Waals surface area contributed by atoms with Crippen LogP contribution in [0.2, 0.25) is 0 Å². The summed E-state index contributed by atoms with van der Waals surface area (Å²) in [6, 6.07) is 15.8. The van der Waals surface area contributed by atoms with Crippen LogP contribution in [0.25, 0.3) is 0 Å². The van der Waals surface area contributed by atoms with Crippen molar-refractivity contribution in [1.29, 1.82) is 0 Å². The smallest absolute Gasteiger partial charge is 0.297 e. The van der Waals surface area contributed by atoms with E-state index < -0.39 is 28.4 Å². The fraction of sp³-hybridized carbons (Fsp3) is 0.375. The number of benzene rings is 2. The zero-order chi connectivity index (χ0) is 23.7. The molecule has 0 amide bonds. The number of terminal acetylenes is 1. The molecule has 9 heteroatoms. The Balaban J connectivity index is 1.65. The largest absolute Gasteiger partial charge is 0.394 e. The molecule has 3 rings (SSSR count). The van der Waals surface area contributed by atoms with E-state index in [-0.39, 0.29) is 31.3 Å². The Bertz CT molecular complexity index is 1060. The normalized spacial score (nSPS) is 17.6. The van der Waals surface area contributed by atoms with Crippen molar-refractivity contribution >= 4 is 15.8 Å². The second kappa shape index (κ2) is 11.9. The number of aliphatic hydroxyl groups is 1. The maximum absolute atomic E-state index is 12.8. The van der Waals surface area contributed by atoms with Gasteiger partial charge in [-0.15, -0.1) is 6.42 Å². The molecule has 0 saturated carbocycles. The highest BCUT2D eigenvalue weighted by Crippen LogP contribution is 2.19. The van der Waals surface area contributed by atoms with Crippen LogP contribution in [0, 0.1) is 19.3 Å². The van der Waals surface area contributed by atoms with Gasteiger partial charge in [-0.1, -0.05) is 59.1 Å². The highest BCUT2D eigenvalue weighted by molar-refractivity contribution is 7.86. The third-order valence-electron chi connectivity index (χ3n) is 4.94. The minimum Gasteiger partial charge on any atom is -0.394 e. The SMILES string of the molecule is C#CC1=NO[C@H]([C@@H](CO)OC[C@H](COCc2ccccc2)OS(=O)(=O)c2ccc(C)cc2)C1. The summed E-state index contributed by atoms with van der Waals surface area (Å²) in [4.78, 5) is 5.27. The van der Waals surface area contributed by atoms with Gasteiger partial charge in [0.2, 0.25) is 0 Å². The van der Waals surface area contributed by atoms with E-state index in [1.807, 2.05) is 37.3 Å². The standard InChI is InChI=1S/C24H27NO7S/c1-3-20-13-23(31-25-20)24(14-26)30-17-21(16-29-15-19-7-5-4-6-8-19)32-33(27,28)22-11-9-18(2)10-12-22/h1,4-12,21,23-24,26H,13-17H2,2H3/t21-,23-,24+/m0/s1. The first-order valence-corrected chi connectivity index (χ1v) is 11.9. The van der Waals surface area contributed by atoms with E-state index in [4.69, 9.17) is 24.9 Å². The number of aryl methyl sites for hydroxylation is 1. The molecule has 0 radical (unpaired) electrons. The van der Waals surface area contributed by atoms with Crippen molar-refractivity contribution in [1.82, 2.24) is 0 Å². The molecule has 2 aromatic rings. The lowest BCUT2D eigenvalue weighted by atomic mass is 10.1. The summed E-state index contributed by atoms with van der Waals surface area (Å²) < 4.78 is 42.5. The Morgan fingerprint density at radius 1 is 1.18 bits per heavy atom. The van der Waals surface area contributed by atoms with Gasteiger partial charge in [0.25, 0.3) is 10.1 Å². The number of aliphatic hydroxyl groups excluding tert-OH is 1. The number of rotatable bonds is 12. The Kier molecular flexibility index (Phi) is 9.00. The van der Waals surface area contributed by atoms with Crippen LogP contribution in [-0.2, 0) is 35.2 Å².